The highest BCUT2D eigenvalue weighted by atomic mass is 35.5. The van der Waals surface area contributed by atoms with Gasteiger partial charge in [-0.25, -0.2) is 8.42 Å². The number of sulfonamides is 1. The Bertz CT molecular complexity index is 504. The van der Waals surface area contributed by atoms with E-state index >= 15 is 0 Å². The molecule has 1 saturated heterocycles. The van der Waals surface area contributed by atoms with Crippen LogP contribution in [0.15, 0.2) is 15.7 Å². The summed E-state index contributed by atoms with van der Waals surface area (Å²) < 4.78 is 27.0. The summed E-state index contributed by atoms with van der Waals surface area (Å²) in [7, 11) is -3.34. The molecule has 3 nitrogen and oxygen atoms in total. The summed E-state index contributed by atoms with van der Waals surface area (Å²) in [5.74, 6) is 0.356. The molecule has 2 rings (SSSR count). The van der Waals surface area contributed by atoms with Crippen molar-refractivity contribution in [2.45, 2.75) is 34.4 Å². The second-order valence-electron chi connectivity index (χ2n) is 4.49. The first-order valence-corrected chi connectivity index (χ1v) is 9.52. The fraction of sp³-hybridized carbons (Fsp3) is 0.636. The largest absolute Gasteiger partial charge is 0.252 e. The summed E-state index contributed by atoms with van der Waals surface area (Å²) >= 11 is 8.82. The van der Waals surface area contributed by atoms with Gasteiger partial charge in [0.05, 0.1) is 0 Å². The van der Waals surface area contributed by atoms with Gasteiger partial charge >= 0.3 is 0 Å². The molecule has 18 heavy (non-hydrogen) atoms. The van der Waals surface area contributed by atoms with Crippen LogP contribution in [-0.4, -0.2) is 36.3 Å². The van der Waals surface area contributed by atoms with Crippen molar-refractivity contribution in [1.29, 1.82) is 0 Å². The zero-order valence-electron chi connectivity index (χ0n) is 10.3. The Labute approximate surface area is 122 Å². The fourth-order valence-electron chi connectivity index (χ4n) is 2.01. The SMILES string of the molecule is CC1CN(S(=O)(=O)c2cc(CCl)cs2)CC(C)S1. The van der Waals surface area contributed by atoms with Crippen LogP contribution in [0.5, 0.6) is 0 Å². The molecule has 1 aromatic heterocycles. The predicted octanol–water partition coefficient (Wildman–Crippen LogP) is 3.00. The van der Waals surface area contributed by atoms with Crippen molar-refractivity contribution in [3.05, 3.63) is 17.0 Å². The molecule has 0 aromatic carbocycles. The molecule has 1 aliphatic heterocycles. The van der Waals surface area contributed by atoms with Crippen LogP contribution < -0.4 is 0 Å². The molecule has 1 aliphatic rings. The second kappa shape index (κ2) is 5.71. The average molecular weight is 326 g/mol. The number of rotatable bonds is 3. The van der Waals surface area contributed by atoms with Crippen LogP contribution >= 0.6 is 34.7 Å². The molecule has 0 radical (unpaired) electrons. The van der Waals surface area contributed by atoms with Crippen LogP contribution in [-0.2, 0) is 15.9 Å². The first-order valence-electron chi connectivity index (χ1n) is 5.72. The number of hydrogen-bond donors (Lipinski definition) is 0. The van der Waals surface area contributed by atoms with Crippen molar-refractivity contribution < 1.29 is 8.42 Å². The Balaban J connectivity index is 2.25. The number of hydrogen-bond acceptors (Lipinski definition) is 4. The first-order chi connectivity index (χ1) is 8.43. The summed E-state index contributed by atoms with van der Waals surface area (Å²) in [4.78, 5) is 0. The average Bonchev–Trinajstić information content (AvgIpc) is 2.76. The third-order valence-corrected chi connectivity index (χ3v) is 7.60. The zero-order chi connectivity index (χ0) is 13.3. The highest BCUT2D eigenvalue weighted by Crippen LogP contribution is 2.31. The minimum Gasteiger partial charge on any atom is -0.206 e. The maximum absolute atomic E-state index is 12.5. The van der Waals surface area contributed by atoms with E-state index in [0.717, 1.165) is 5.56 Å². The van der Waals surface area contributed by atoms with Gasteiger partial charge in [0.1, 0.15) is 4.21 Å². The van der Waals surface area contributed by atoms with Crippen molar-refractivity contribution in [3.63, 3.8) is 0 Å². The zero-order valence-corrected chi connectivity index (χ0v) is 13.5. The Morgan fingerprint density at radius 1 is 1.39 bits per heavy atom. The van der Waals surface area contributed by atoms with Crippen LogP contribution in [0, 0.1) is 0 Å². The molecule has 0 saturated carbocycles. The lowest BCUT2D eigenvalue weighted by Crippen LogP contribution is -2.43. The van der Waals surface area contributed by atoms with E-state index in [-0.39, 0.29) is 0 Å². The molecular weight excluding hydrogens is 310 g/mol. The van der Waals surface area contributed by atoms with Gasteiger partial charge in [0.15, 0.2) is 0 Å². The van der Waals surface area contributed by atoms with Crippen molar-refractivity contribution in [2.24, 2.45) is 0 Å². The van der Waals surface area contributed by atoms with E-state index < -0.39 is 10.0 Å². The molecule has 0 bridgehead atoms. The van der Waals surface area contributed by atoms with Gasteiger partial charge in [0.2, 0.25) is 0 Å². The third-order valence-electron chi connectivity index (χ3n) is 2.76. The standard InChI is InChI=1S/C11H16ClNO2S3/c1-8-5-13(6-9(2)17-8)18(14,15)11-3-10(4-12)7-16-11/h3,7-9H,4-6H2,1-2H3. The summed E-state index contributed by atoms with van der Waals surface area (Å²) in [6.07, 6.45) is 0. The van der Waals surface area contributed by atoms with Crippen molar-refractivity contribution >= 4 is 44.7 Å². The van der Waals surface area contributed by atoms with Gasteiger partial charge in [-0.15, -0.1) is 22.9 Å². The number of halogens is 1. The Kier molecular flexibility index (Phi) is 4.65. The summed E-state index contributed by atoms with van der Waals surface area (Å²) in [5.41, 5.74) is 0.868. The molecule has 1 fully saturated rings. The maximum Gasteiger partial charge on any atom is 0.252 e. The minimum atomic E-state index is -3.34. The first kappa shape index (κ1) is 14.7. The van der Waals surface area contributed by atoms with E-state index in [0.29, 0.717) is 33.7 Å². The fourth-order valence-corrected chi connectivity index (χ4v) is 6.75. The Hall–Kier alpha value is 0.250. The molecule has 1 aromatic rings. The number of thiophene rings is 1. The number of nitrogens with zero attached hydrogens (tertiary/aromatic N) is 1. The van der Waals surface area contributed by atoms with Crippen LogP contribution in [0.1, 0.15) is 19.4 Å². The molecule has 0 amide bonds. The summed E-state index contributed by atoms with van der Waals surface area (Å²) in [6, 6.07) is 1.68. The smallest absolute Gasteiger partial charge is 0.206 e. The van der Waals surface area contributed by atoms with Crippen LogP contribution in [0.2, 0.25) is 0 Å². The molecular formula is C11H16ClNO2S3. The van der Waals surface area contributed by atoms with Crippen molar-refractivity contribution in [2.75, 3.05) is 13.1 Å². The molecule has 2 unspecified atom stereocenters. The van der Waals surface area contributed by atoms with Crippen LogP contribution in [0.3, 0.4) is 0 Å². The molecule has 2 heterocycles. The van der Waals surface area contributed by atoms with Crippen LogP contribution in [0.4, 0.5) is 0 Å². The Morgan fingerprint density at radius 2 is 2.00 bits per heavy atom. The van der Waals surface area contributed by atoms with Gasteiger partial charge in [-0.1, -0.05) is 13.8 Å². The minimum absolute atomic E-state index is 0.344. The third kappa shape index (κ3) is 3.04. The van der Waals surface area contributed by atoms with E-state index in [9.17, 15) is 8.42 Å². The van der Waals surface area contributed by atoms with Gasteiger partial charge in [-0.05, 0) is 17.0 Å². The monoisotopic (exact) mass is 325 g/mol. The lowest BCUT2D eigenvalue weighted by atomic mass is 10.4. The van der Waals surface area contributed by atoms with Crippen LogP contribution in [0.25, 0.3) is 0 Å². The van der Waals surface area contributed by atoms with Gasteiger partial charge < -0.3 is 0 Å². The Morgan fingerprint density at radius 3 is 2.50 bits per heavy atom. The van der Waals surface area contributed by atoms with Gasteiger partial charge in [-0.3, -0.25) is 0 Å². The molecule has 0 N–H and O–H groups in total. The lowest BCUT2D eigenvalue weighted by Gasteiger charge is -2.33. The molecule has 102 valence electrons. The van der Waals surface area contributed by atoms with E-state index in [1.165, 1.54) is 11.3 Å². The van der Waals surface area contributed by atoms with E-state index in [1.807, 2.05) is 17.1 Å². The van der Waals surface area contributed by atoms with Gasteiger partial charge in [0.25, 0.3) is 10.0 Å². The highest BCUT2D eigenvalue weighted by Gasteiger charge is 2.32. The molecule has 2 atom stereocenters. The van der Waals surface area contributed by atoms with Gasteiger partial charge in [0, 0.05) is 29.5 Å². The van der Waals surface area contributed by atoms with Gasteiger partial charge in [-0.2, -0.15) is 16.1 Å². The topological polar surface area (TPSA) is 37.4 Å². The maximum atomic E-state index is 12.5. The molecule has 7 heteroatoms. The summed E-state index contributed by atoms with van der Waals surface area (Å²) in [5, 5.41) is 2.50. The molecule has 0 aliphatic carbocycles. The highest BCUT2D eigenvalue weighted by molar-refractivity contribution is 8.00. The quantitative estimate of drug-likeness (QED) is 0.802. The number of thioether (sulfide) groups is 1. The lowest BCUT2D eigenvalue weighted by molar-refractivity contribution is 0.406. The molecule has 0 spiro atoms. The van der Waals surface area contributed by atoms with E-state index in [2.05, 4.69) is 13.8 Å². The predicted molar refractivity (Wildman–Crippen MR) is 79.1 cm³/mol. The van der Waals surface area contributed by atoms with E-state index in [1.54, 1.807) is 10.4 Å². The van der Waals surface area contributed by atoms with E-state index in [4.69, 9.17) is 11.6 Å². The van der Waals surface area contributed by atoms with Crippen molar-refractivity contribution in [3.8, 4) is 0 Å². The number of alkyl halides is 1. The normalized spacial score (nSPS) is 26.4. The second-order valence-corrected chi connectivity index (χ2v) is 9.71. The van der Waals surface area contributed by atoms with Crippen molar-refractivity contribution in [1.82, 2.24) is 4.31 Å². The summed E-state index contributed by atoms with van der Waals surface area (Å²) in [6.45, 7) is 5.32.